The van der Waals surface area contributed by atoms with E-state index in [1.807, 2.05) is 49.4 Å². The number of hydrogen-bond acceptors (Lipinski definition) is 3. The Hall–Kier alpha value is -1.94. The number of thioether (sulfide) groups is 1. The third-order valence-corrected chi connectivity index (χ3v) is 4.34. The molecule has 1 N–H and O–H groups in total. The Kier molecular flexibility index (Phi) is 6.34. The Morgan fingerprint density at radius 1 is 1.14 bits per heavy atom. The van der Waals surface area contributed by atoms with Gasteiger partial charge in [0.15, 0.2) is 0 Å². The lowest BCUT2D eigenvalue weighted by Crippen LogP contribution is -2.28. The highest BCUT2D eigenvalue weighted by Gasteiger charge is 2.09. The molecule has 2 aromatic carbocycles. The molecule has 0 spiro atoms. The van der Waals surface area contributed by atoms with Crippen molar-refractivity contribution in [3.05, 3.63) is 65.7 Å². The molecule has 1 amide bonds. The number of nitrogens with one attached hydrogen (secondary N) is 1. The zero-order valence-electron chi connectivity index (χ0n) is 12.9. The Labute approximate surface area is 136 Å². The molecular weight excluding hydrogens is 294 g/mol. The topological polar surface area (TPSA) is 38.3 Å². The first-order chi connectivity index (χ1) is 10.7. The van der Waals surface area contributed by atoms with Gasteiger partial charge in [-0.3, -0.25) is 4.79 Å². The van der Waals surface area contributed by atoms with Gasteiger partial charge in [-0.05, 0) is 30.2 Å². The van der Waals surface area contributed by atoms with Crippen molar-refractivity contribution < 1.29 is 9.53 Å². The van der Waals surface area contributed by atoms with Crippen LogP contribution in [0.3, 0.4) is 0 Å². The normalized spacial score (nSPS) is 11.7. The molecule has 0 bridgehead atoms. The number of amides is 1. The van der Waals surface area contributed by atoms with Crippen molar-refractivity contribution in [2.75, 3.05) is 12.9 Å². The summed E-state index contributed by atoms with van der Waals surface area (Å²) in [5.41, 5.74) is 2.31. The second-order valence-electron chi connectivity index (χ2n) is 5.04. The average molecular weight is 315 g/mol. The van der Waals surface area contributed by atoms with Crippen LogP contribution in [0.25, 0.3) is 0 Å². The van der Waals surface area contributed by atoms with E-state index in [1.165, 1.54) is 5.56 Å². The van der Waals surface area contributed by atoms with Gasteiger partial charge in [-0.15, -0.1) is 11.8 Å². The zero-order chi connectivity index (χ0) is 15.8. The highest BCUT2D eigenvalue weighted by atomic mass is 32.2. The smallest absolute Gasteiger partial charge is 0.230 e. The predicted molar refractivity (Wildman–Crippen MR) is 92.2 cm³/mol. The van der Waals surface area contributed by atoms with E-state index in [0.29, 0.717) is 5.75 Å². The molecule has 0 saturated heterocycles. The summed E-state index contributed by atoms with van der Waals surface area (Å²) in [7, 11) is 1.64. The lowest BCUT2D eigenvalue weighted by atomic mass is 10.1. The summed E-state index contributed by atoms with van der Waals surface area (Å²) in [5.74, 6) is 2.20. The maximum atomic E-state index is 12.0. The van der Waals surface area contributed by atoms with E-state index in [1.54, 1.807) is 18.9 Å². The van der Waals surface area contributed by atoms with E-state index in [4.69, 9.17) is 4.74 Å². The second kappa shape index (κ2) is 8.49. The molecule has 0 fully saturated rings. The van der Waals surface area contributed by atoms with Crippen LogP contribution in [0.2, 0.25) is 0 Å². The number of hydrogen-bond donors (Lipinski definition) is 1. The number of ether oxygens (including phenoxy) is 1. The van der Waals surface area contributed by atoms with Gasteiger partial charge in [-0.1, -0.05) is 42.5 Å². The molecule has 1 atom stereocenters. The highest BCUT2D eigenvalue weighted by molar-refractivity contribution is 7.99. The van der Waals surface area contributed by atoms with Crippen LogP contribution in [0.15, 0.2) is 54.6 Å². The molecule has 0 aliphatic rings. The fraction of sp³-hybridized carbons (Fsp3) is 0.278. The minimum absolute atomic E-state index is 0.00395. The number of rotatable bonds is 7. The number of carbonyl (C=O) groups is 1. The molecule has 22 heavy (non-hydrogen) atoms. The maximum absolute atomic E-state index is 12.0. The summed E-state index contributed by atoms with van der Waals surface area (Å²) in [6, 6.07) is 17.9. The van der Waals surface area contributed by atoms with Gasteiger partial charge < -0.3 is 10.1 Å². The van der Waals surface area contributed by atoms with Crippen molar-refractivity contribution in [1.29, 1.82) is 0 Å². The molecule has 2 aromatic rings. The summed E-state index contributed by atoms with van der Waals surface area (Å²) in [5, 5.41) is 3.02. The number of benzene rings is 2. The van der Waals surface area contributed by atoms with Crippen LogP contribution in [-0.2, 0) is 10.5 Å². The first-order valence-electron chi connectivity index (χ1n) is 7.24. The Morgan fingerprint density at radius 2 is 1.82 bits per heavy atom. The van der Waals surface area contributed by atoms with E-state index in [0.717, 1.165) is 17.1 Å². The van der Waals surface area contributed by atoms with Gasteiger partial charge in [-0.2, -0.15) is 0 Å². The molecule has 2 rings (SSSR count). The Morgan fingerprint density at radius 3 is 2.45 bits per heavy atom. The van der Waals surface area contributed by atoms with Gasteiger partial charge in [0.2, 0.25) is 5.91 Å². The van der Waals surface area contributed by atoms with Crippen LogP contribution < -0.4 is 10.1 Å². The molecule has 4 heteroatoms. The van der Waals surface area contributed by atoms with E-state index in [9.17, 15) is 4.79 Å². The molecule has 0 radical (unpaired) electrons. The standard InChI is InChI=1S/C18H21NO2S/c1-14(16-8-10-17(21-2)11-9-16)19-18(20)13-22-12-15-6-4-3-5-7-15/h3-11,14H,12-13H2,1-2H3,(H,19,20)/t14-/m0/s1. The van der Waals surface area contributed by atoms with Crippen LogP contribution in [-0.4, -0.2) is 18.8 Å². The summed E-state index contributed by atoms with van der Waals surface area (Å²) in [6.45, 7) is 1.99. The van der Waals surface area contributed by atoms with Crippen molar-refractivity contribution >= 4 is 17.7 Å². The van der Waals surface area contributed by atoms with Gasteiger partial charge in [0.1, 0.15) is 5.75 Å². The van der Waals surface area contributed by atoms with Crippen molar-refractivity contribution in [3.8, 4) is 5.75 Å². The average Bonchev–Trinajstić information content (AvgIpc) is 2.56. The molecule has 116 valence electrons. The zero-order valence-corrected chi connectivity index (χ0v) is 13.7. The van der Waals surface area contributed by atoms with Gasteiger partial charge >= 0.3 is 0 Å². The molecule has 0 unspecified atom stereocenters. The molecule has 3 nitrogen and oxygen atoms in total. The minimum atomic E-state index is -0.00395. The molecule has 0 aliphatic heterocycles. The van der Waals surface area contributed by atoms with E-state index in [2.05, 4.69) is 17.4 Å². The van der Waals surface area contributed by atoms with Gasteiger partial charge in [0.25, 0.3) is 0 Å². The molecule has 0 heterocycles. The third kappa shape index (κ3) is 5.11. The molecule has 0 saturated carbocycles. The Bertz CT molecular complexity index is 584. The lowest BCUT2D eigenvalue weighted by Gasteiger charge is -2.14. The lowest BCUT2D eigenvalue weighted by molar-refractivity contribution is -0.119. The summed E-state index contributed by atoms with van der Waals surface area (Å²) in [4.78, 5) is 12.0. The SMILES string of the molecule is COc1ccc([C@H](C)NC(=O)CSCc2ccccc2)cc1. The second-order valence-corrected chi connectivity index (χ2v) is 6.03. The summed E-state index contributed by atoms with van der Waals surface area (Å²) < 4.78 is 5.13. The van der Waals surface area contributed by atoms with Crippen LogP contribution in [0.5, 0.6) is 5.75 Å². The number of carbonyl (C=O) groups excluding carboxylic acids is 1. The molecule has 0 aromatic heterocycles. The van der Waals surface area contributed by atoms with E-state index < -0.39 is 0 Å². The maximum Gasteiger partial charge on any atom is 0.230 e. The Balaban J connectivity index is 1.76. The van der Waals surface area contributed by atoms with E-state index >= 15 is 0 Å². The largest absolute Gasteiger partial charge is 0.497 e. The van der Waals surface area contributed by atoms with Crippen LogP contribution in [0, 0.1) is 0 Å². The van der Waals surface area contributed by atoms with Crippen molar-refractivity contribution in [2.45, 2.75) is 18.7 Å². The fourth-order valence-electron chi connectivity index (χ4n) is 2.09. The number of methoxy groups -OCH3 is 1. The van der Waals surface area contributed by atoms with Crippen LogP contribution in [0.4, 0.5) is 0 Å². The van der Waals surface area contributed by atoms with Gasteiger partial charge in [-0.25, -0.2) is 0 Å². The first kappa shape index (κ1) is 16.4. The van der Waals surface area contributed by atoms with Crippen molar-refractivity contribution in [1.82, 2.24) is 5.32 Å². The molecular formula is C18H21NO2S. The highest BCUT2D eigenvalue weighted by Crippen LogP contribution is 2.18. The van der Waals surface area contributed by atoms with E-state index in [-0.39, 0.29) is 11.9 Å². The molecule has 0 aliphatic carbocycles. The minimum Gasteiger partial charge on any atom is -0.497 e. The predicted octanol–water partition coefficient (Wildman–Crippen LogP) is 3.81. The van der Waals surface area contributed by atoms with Gasteiger partial charge in [0, 0.05) is 5.75 Å². The fourth-order valence-corrected chi connectivity index (χ4v) is 2.89. The monoisotopic (exact) mass is 315 g/mol. The summed E-state index contributed by atoms with van der Waals surface area (Å²) in [6.07, 6.45) is 0. The quantitative estimate of drug-likeness (QED) is 0.844. The van der Waals surface area contributed by atoms with Crippen LogP contribution >= 0.6 is 11.8 Å². The first-order valence-corrected chi connectivity index (χ1v) is 8.39. The summed E-state index contributed by atoms with van der Waals surface area (Å²) >= 11 is 1.63. The van der Waals surface area contributed by atoms with Crippen molar-refractivity contribution in [3.63, 3.8) is 0 Å². The van der Waals surface area contributed by atoms with Crippen molar-refractivity contribution in [2.24, 2.45) is 0 Å². The third-order valence-electron chi connectivity index (χ3n) is 3.34. The van der Waals surface area contributed by atoms with Crippen LogP contribution in [0.1, 0.15) is 24.1 Å². The van der Waals surface area contributed by atoms with Gasteiger partial charge in [0.05, 0.1) is 18.9 Å².